The number of nitrogens with zero attached hydrogens (tertiary/aromatic N) is 4. The average Bonchev–Trinajstić information content (AvgIpc) is 2.56. The predicted octanol–water partition coefficient (Wildman–Crippen LogP) is 0.141. The quantitative estimate of drug-likeness (QED) is 0.729. The molecule has 1 saturated heterocycles. The van der Waals surface area contributed by atoms with E-state index < -0.39 is 0 Å². The van der Waals surface area contributed by atoms with Crippen LogP contribution >= 0.6 is 0 Å². The summed E-state index contributed by atoms with van der Waals surface area (Å²) in [5.41, 5.74) is 0. The van der Waals surface area contributed by atoms with E-state index in [9.17, 15) is 0 Å². The number of tetrazole rings is 1. The molecule has 78 valence electrons. The molecule has 5 nitrogen and oxygen atoms in total. The number of aromatic nitrogens is 4. The molecule has 0 saturated carbocycles. The van der Waals surface area contributed by atoms with E-state index in [0.29, 0.717) is 12.0 Å². The van der Waals surface area contributed by atoms with Gasteiger partial charge in [-0.15, -0.1) is 10.2 Å². The van der Waals surface area contributed by atoms with Crippen molar-refractivity contribution in [3.63, 3.8) is 0 Å². The fourth-order valence-electron chi connectivity index (χ4n) is 1.99. The van der Waals surface area contributed by atoms with E-state index in [-0.39, 0.29) is 0 Å². The van der Waals surface area contributed by atoms with Gasteiger partial charge in [0.25, 0.3) is 0 Å². The van der Waals surface area contributed by atoms with Crippen LogP contribution in [0.25, 0.3) is 0 Å². The molecule has 1 aromatic rings. The number of hydrogen-bond acceptors (Lipinski definition) is 4. The normalized spacial score (nSPS) is 27.9. The molecular formula is C9H17N5. The third-order valence-electron chi connectivity index (χ3n) is 2.88. The van der Waals surface area contributed by atoms with Crippen LogP contribution in [-0.4, -0.2) is 32.8 Å². The average molecular weight is 195 g/mol. The highest BCUT2D eigenvalue weighted by Crippen LogP contribution is 2.17. The molecule has 0 bridgehead atoms. The number of rotatable bonds is 2. The van der Waals surface area contributed by atoms with Crippen molar-refractivity contribution in [3.8, 4) is 0 Å². The van der Waals surface area contributed by atoms with Crippen LogP contribution in [0.15, 0.2) is 0 Å². The standard InChI is InChI=1S/C9H17N5/c1-7-4-3-5-10-8(7)6-9-11-13-14(2)12-9/h7-8,10H,3-6H2,1-2H3. The van der Waals surface area contributed by atoms with Crippen LogP contribution in [0.1, 0.15) is 25.6 Å². The van der Waals surface area contributed by atoms with Crippen molar-refractivity contribution in [3.05, 3.63) is 5.82 Å². The SMILES string of the molecule is CC1CCCNC1Cc1nnn(C)n1. The van der Waals surface area contributed by atoms with E-state index in [2.05, 4.69) is 27.7 Å². The second-order valence-corrected chi connectivity index (χ2v) is 4.08. The largest absolute Gasteiger partial charge is 0.313 e. The Kier molecular flexibility index (Phi) is 2.77. The summed E-state index contributed by atoms with van der Waals surface area (Å²) in [6, 6.07) is 0.521. The maximum absolute atomic E-state index is 4.19. The number of nitrogens with one attached hydrogen (secondary N) is 1. The minimum Gasteiger partial charge on any atom is -0.313 e. The monoisotopic (exact) mass is 195 g/mol. The Morgan fingerprint density at radius 2 is 2.43 bits per heavy atom. The third-order valence-corrected chi connectivity index (χ3v) is 2.88. The van der Waals surface area contributed by atoms with Crippen molar-refractivity contribution in [1.82, 2.24) is 25.5 Å². The molecule has 0 amide bonds. The Morgan fingerprint density at radius 3 is 3.07 bits per heavy atom. The number of piperidine rings is 1. The topological polar surface area (TPSA) is 55.6 Å². The molecule has 1 aliphatic rings. The molecule has 2 atom stereocenters. The third kappa shape index (κ3) is 2.09. The zero-order valence-electron chi connectivity index (χ0n) is 8.77. The lowest BCUT2D eigenvalue weighted by Crippen LogP contribution is -2.41. The van der Waals surface area contributed by atoms with E-state index in [1.54, 1.807) is 7.05 Å². The van der Waals surface area contributed by atoms with Crippen molar-refractivity contribution < 1.29 is 0 Å². The maximum atomic E-state index is 4.19. The van der Waals surface area contributed by atoms with Gasteiger partial charge < -0.3 is 5.32 Å². The van der Waals surface area contributed by atoms with E-state index in [1.165, 1.54) is 17.6 Å². The van der Waals surface area contributed by atoms with Gasteiger partial charge in [0, 0.05) is 12.5 Å². The van der Waals surface area contributed by atoms with Crippen molar-refractivity contribution in [2.75, 3.05) is 6.54 Å². The van der Waals surface area contributed by atoms with Gasteiger partial charge in [-0.1, -0.05) is 6.92 Å². The summed E-state index contributed by atoms with van der Waals surface area (Å²) >= 11 is 0. The summed E-state index contributed by atoms with van der Waals surface area (Å²) < 4.78 is 0. The van der Waals surface area contributed by atoms with Crippen molar-refractivity contribution in [1.29, 1.82) is 0 Å². The summed E-state index contributed by atoms with van der Waals surface area (Å²) in [5, 5.41) is 15.5. The van der Waals surface area contributed by atoms with Crippen molar-refractivity contribution >= 4 is 0 Å². The van der Waals surface area contributed by atoms with Gasteiger partial charge in [0.1, 0.15) is 0 Å². The Hall–Kier alpha value is -0.970. The van der Waals surface area contributed by atoms with Crippen LogP contribution in [-0.2, 0) is 13.5 Å². The summed E-state index contributed by atoms with van der Waals surface area (Å²) in [5.74, 6) is 1.56. The first kappa shape index (κ1) is 9.58. The van der Waals surface area contributed by atoms with E-state index in [0.717, 1.165) is 18.8 Å². The highest BCUT2D eigenvalue weighted by molar-refractivity contribution is 4.89. The summed E-state index contributed by atoms with van der Waals surface area (Å²) in [4.78, 5) is 1.52. The lowest BCUT2D eigenvalue weighted by molar-refractivity contribution is 0.295. The molecular weight excluding hydrogens is 178 g/mol. The molecule has 0 aromatic carbocycles. The first-order valence-electron chi connectivity index (χ1n) is 5.22. The highest BCUT2D eigenvalue weighted by Gasteiger charge is 2.22. The van der Waals surface area contributed by atoms with Gasteiger partial charge in [0.2, 0.25) is 0 Å². The van der Waals surface area contributed by atoms with E-state index >= 15 is 0 Å². The smallest absolute Gasteiger partial charge is 0.176 e. The van der Waals surface area contributed by atoms with Crippen molar-refractivity contribution in [2.45, 2.75) is 32.2 Å². The van der Waals surface area contributed by atoms with E-state index in [1.807, 2.05) is 0 Å². The fraction of sp³-hybridized carbons (Fsp3) is 0.889. The summed E-state index contributed by atoms with van der Waals surface area (Å²) in [6.07, 6.45) is 3.48. The molecule has 0 aliphatic carbocycles. The van der Waals surface area contributed by atoms with Crippen LogP contribution in [0.5, 0.6) is 0 Å². The molecule has 2 heterocycles. The summed E-state index contributed by atoms with van der Waals surface area (Å²) in [6.45, 7) is 3.41. The molecule has 1 aromatic heterocycles. The van der Waals surface area contributed by atoms with Crippen molar-refractivity contribution in [2.24, 2.45) is 13.0 Å². The first-order chi connectivity index (χ1) is 6.75. The van der Waals surface area contributed by atoms with Crippen LogP contribution < -0.4 is 5.32 Å². The Bertz CT molecular complexity index is 295. The minimum atomic E-state index is 0.521. The molecule has 1 N–H and O–H groups in total. The van der Waals surface area contributed by atoms with Gasteiger partial charge in [0.05, 0.1) is 7.05 Å². The zero-order chi connectivity index (χ0) is 9.97. The lowest BCUT2D eigenvalue weighted by Gasteiger charge is -2.29. The zero-order valence-corrected chi connectivity index (χ0v) is 8.77. The number of aryl methyl sites for hydroxylation is 1. The molecule has 1 fully saturated rings. The van der Waals surface area contributed by atoms with Crippen LogP contribution in [0, 0.1) is 5.92 Å². The molecule has 2 unspecified atom stereocenters. The molecule has 14 heavy (non-hydrogen) atoms. The first-order valence-corrected chi connectivity index (χ1v) is 5.22. The molecule has 5 heteroatoms. The van der Waals surface area contributed by atoms with Crippen LogP contribution in [0.2, 0.25) is 0 Å². The Balaban J connectivity index is 1.95. The van der Waals surface area contributed by atoms with Gasteiger partial charge in [-0.2, -0.15) is 4.80 Å². The van der Waals surface area contributed by atoms with Gasteiger partial charge >= 0.3 is 0 Å². The molecule has 2 rings (SSSR count). The van der Waals surface area contributed by atoms with Gasteiger partial charge in [-0.25, -0.2) is 0 Å². The molecule has 0 radical (unpaired) electrons. The number of hydrogen-bond donors (Lipinski definition) is 1. The second-order valence-electron chi connectivity index (χ2n) is 4.08. The lowest BCUT2D eigenvalue weighted by atomic mass is 9.90. The minimum absolute atomic E-state index is 0.521. The van der Waals surface area contributed by atoms with Gasteiger partial charge in [0.15, 0.2) is 5.82 Å². The fourth-order valence-corrected chi connectivity index (χ4v) is 1.99. The highest BCUT2D eigenvalue weighted by atomic mass is 15.6. The van der Waals surface area contributed by atoms with Gasteiger partial charge in [-0.3, -0.25) is 0 Å². The Morgan fingerprint density at radius 1 is 1.57 bits per heavy atom. The predicted molar refractivity (Wildman–Crippen MR) is 52.7 cm³/mol. The molecule has 1 aliphatic heterocycles. The summed E-state index contributed by atoms with van der Waals surface area (Å²) in [7, 11) is 1.80. The van der Waals surface area contributed by atoms with E-state index in [4.69, 9.17) is 0 Å². The van der Waals surface area contributed by atoms with Crippen LogP contribution in [0.3, 0.4) is 0 Å². The van der Waals surface area contributed by atoms with Crippen LogP contribution in [0.4, 0.5) is 0 Å². The maximum Gasteiger partial charge on any atom is 0.176 e. The molecule has 0 spiro atoms. The second kappa shape index (κ2) is 4.04. The Labute approximate surface area is 83.9 Å². The van der Waals surface area contributed by atoms with Gasteiger partial charge in [-0.05, 0) is 30.5 Å².